The monoisotopic (exact) mass is 483 g/mol. The smallest absolute Gasteiger partial charge is 0.191 e. The molecule has 1 aliphatic heterocycles. The first-order valence-corrected chi connectivity index (χ1v) is 9.45. The van der Waals surface area contributed by atoms with Gasteiger partial charge in [0.05, 0.1) is 6.54 Å². The lowest BCUT2D eigenvalue weighted by Gasteiger charge is -2.33. The van der Waals surface area contributed by atoms with Crippen molar-refractivity contribution >= 4 is 29.9 Å². The van der Waals surface area contributed by atoms with Gasteiger partial charge in [0.15, 0.2) is 5.96 Å². The first-order valence-electron chi connectivity index (χ1n) is 9.45. The van der Waals surface area contributed by atoms with E-state index >= 15 is 0 Å². The number of rotatable bonds is 6. The molecule has 0 saturated carbocycles. The molecule has 27 heavy (non-hydrogen) atoms. The quantitative estimate of drug-likeness (QED) is 0.375. The van der Waals surface area contributed by atoms with E-state index in [1.165, 1.54) is 11.1 Å². The van der Waals surface area contributed by atoms with Crippen LogP contribution in [0.3, 0.4) is 0 Å². The minimum atomic E-state index is 0. The van der Waals surface area contributed by atoms with Gasteiger partial charge in [-0.25, -0.2) is 4.99 Å². The van der Waals surface area contributed by atoms with Crippen LogP contribution in [0.25, 0.3) is 0 Å². The molecule has 7 heteroatoms. The third kappa shape index (κ3) is 6.80. The molecule has 0 bridgehead atoms. The summed E-state index contributed by atoms with van der Waals surface area (Å²) in [5, 5.41) is 10.8. The fourth-order valence-corrected chi connectivity index (χ4v) is 3.26. The maximum atomic E-state index is 4.86. The van der Waals surface area contributed by atoms with Crippen LogP contribution in [0, 0.1) is 6.92 Å². The maximum absolute atomic E-state index is 4.86. The number of aromatic nitrogens is 1. The molecule has 1 aliphatic rings. The number of hydrogen-bond donors (Lipinski definition) is 2. The van der Waals surface area contributed by atoms with Crippen molar-refractivity contribution in [3.63, 3.8) is 0 Å². The number of likely N-dealkylation sites (tertiary alicyclic amines) is 1. The maximum Gasteiger partial charge on any atom is 0.191 e. The Bertz CT molecular complexity index is 696. The first kappa shape index (κ1) is 21.7. The zero-order valence-electron chi connectivity index (χ0n) is 16.1. The van der Waals surface area contributed by atoms with E-state index in [-0.39, 0.29) is 24.0 Å². The van der Waals surface area contributed by atoms with Crippen LogP contribution in [0.1, 0.15) is 36.6 Å². The Hall–Kier alpha value is -1.61. The Labute approximate surface area is 178 Å². The summed E-state index contributed by atoms with van der Waals surface area (Å²) in [5.41, 5.74) is 3.65. The molecule has 0 atom stereocenters. The molecule has 1 saturated heterocycles. The highest BCUT2D eigenvalue weighted by Gasteiger charge is 2.20. The molecule has 148 valence electrons. The molecule has 3 rings (SSSR count). The molecule has 0 radical (unpaired) electrons. The normalized spacial score (nSPS) is 16.0. The van der Waals surface area contributed by atoms with E-state index in [0.29, 0.717) is 12.6 Å². The van der Waals surface area contributed by atoms with Crippen molar-refractivity contribution in [2.45, 2.75) is 45.8 Å². The Kier molecular flexibility index (Phi) is 9.06. The predicted molar refractivity (Wildman–Crippen MR) is 119 cm³/mol. The lowest BCUT2D eigenvalue weighted by Crippen LogP contribution is -2.48. The average Bonchev–Trinajstić information content (AvgIpc) is 3.17. The van der Waals surface area contributed by atoms with Crippen molar-refractivity contribution < 1.29 is 4.52 Å². The highest BCUT2D eigenvalue weighted by atomic mass is 127. The van der Waals surface area contributed by atoms with Crippen LogP contribution in [0.5, 0.6) is 0 Å². The van der Waals surface area contributed by atoms with Gasteiger partial charge in [-0.3, -0.25) is 4.90 Å². The minimum Gasteiger partial charge on any atom is -0.364 e. The van der Waals surface area contributed by atoms with Gasteiger partial charge in [0.2, 0.25) is 0 Å². The summed E-state index contributed by atoms with van der Waals surface area (Å²) < 4.78 is 4.86. The van der Waals surface area contributed by atoms with Crippen LogP contribution in [0.15, 0.2) is 46.1 Å². The fraction of sp³-hybridized carbons (Fsp3) is 0.500. The summed E-state index contributed by atoms with van der Waals surface area (Å²) in [6, 6.07) is 11.0. The van der Waals surface area contributed by atoms with Crippen molar-refractivity contribution in [3.8, 4) is 0 Å². The van der Waals surface area contributed by atoms with Gasteiger partial charge in [0.25, 0.3) is 0 Å². The Morgan fingerprint density at radius 3 is 2.70 bits per heavy atom. The summed E-state index contributed by atoms with van der Waals surface area (Å²) in [4.78, 5) is 7.15. The van der Waals surface area contributed by atoms with Gasteiger partial charge in [0.1, 0.15) is 12.0 Å². The van der Waals surface area contributed by atoms with Gasteiger partial charge in [-0.05, 0) is 37.8 Å². The first-order chi connectivity index (χ1) is 12.7. The number of benzene rings is 1. The van der Waals surface area contributed by atoms with Crippen LogP contribution >= 0.6 is 24.0 Å². The predicted octanol–water partition coefficient (Wildman–Crippen LogP) is 3.32. The average molecular weight is 483 g/mol. The van der Waals surface area contributed by atoms with Gasteiger partial charge in [-0.2, -0.15) is 0 Å². The molecule has 0 spiro atoms. The molecule has 0 amide bonds. The van der Waals surface area contributed by atoms with Gasteiger partial charge in [-0.15, -0.1) is 24.0 Å². The third-order valence-electron chi connectivity index (χ3n) is 4.82. The standard InChI is InChI=1S/C20H29N5O.HI/c1-3-21-20(22-14-19-10-13-26-24-19)23-18-8-11-25(12-9-18)15-17-7-5-4-6-16(17)2;/h4-7,10,13,18H,3,8-9,11-12,14-15H2,1-2H3,(H2,21,22,23);1H. The van der Waals surface area contributed by atoms with Gasteiger partial charge >= 0.3 is 0 Å². The number of aryl methyl sites for hydroxylation is 1. The van der Waals surface area contributed by atoms with Crippen molar-refractivity contribution in [3.05, 3.63) is 53.4 Å². The zero-order valence-corrected chi connectivity index (χ0v) is 18.5. The Morgan fingerprint density at radius 2 is 2.04 bits per heavy atom. The van der Waals surface area contributed by atoms with Crippen LogP contribution in [0.2, 0.25) is 0 Å². The van der Waals surface area contributed by atoms with E-state index in [9.17, 15) is 0 Å². The molecular weight excluding hydrogens is 453 g/mol. The van der Waals surface area contributed by atoms with Crippen molar-refractivity contribution in [2.75, 3.05) is 19.6 Å². The van der Waals surface area contributed by atoms with E-state index < -0.39 is 0 Å². The van der Waals surface area contributed by atoms with Crippen molar-refractivity contribution in [1.29, 1.82) is 0 Å². The summed E-state index contributed by atoms with van der Waals surface area (Å²) in [7, 11) is 0. The van der Waals surface area contributed by atoms with E-state index in [1.807, 2.05) is 6.07 Å². The molecule has 6 nitrogen and oxygen atoms in total. The highest BCUT2D eigenvalue weighted by molar-refractivity contribution is 14.0. The number of hydrogen-bond acceptors (Lipinski definition) is 4. The van der Waals surface area contributed by atoms with Gasteiger partial charge in [-0.1, -0.05) is 29.4 Å². The zero-order chi connectivity index (χ0) is 18.2. The van der Waals surface area contributed by atoms with Crippen LogP contribution < -0.4 is 10.6 Å². The molecule has 0 aliphatic carbocycles. The second-order valence-corrected chi connectivity index (χ2v) is 6.81. The topological polar surface area (TPSA) is 65.7 Å². The van der Waals surface area contributed by atoms with Crippen molar-refractivity contribution in [2.24, 2.45) is 4.99 Å². The molecule has 0 unspecified atom stereocenters. The van der Waals surface area contributed by atoms with E-state index in [0.717, 1.165) is 50.7 Å². The number of nitrogens with one attached hydrogen (secondary N) is 2. The summed E-state index contributed by atoms with van der Waals surface area (Å²) in [6.45, 7) is 8.90. The summed E-state index contributed by atoms with van der Waals surface area (Å²) >= 11 is 0. The van der Waals surface area contributed by atoms with E-state index in [2.05, 4.69) is 63.8 Å². The molecule has 1 aromatic heterocycles. The third-order valence-corrected chi connectivity index (χ3v) is 4.82. The fourth-order valence-electron chi connectivity index (χ4n) is 3.26. The van der Waals surface area contributed by atoms with Crippen LogP contribution in [-0.4, -0.2) is 41.7 Å². The number of guanidine groups is 1. The number of aliphatic imine (C=N–C) groups is 1. The summed E-state index contributed by atoms with van der Waals surface area (Å²) in [5.74, 6) is 0.854. The minimum absolute atomic E-state index is 0. The SMILES string of the molecule is CCNC(=NCc1ccon1)NC1CCN(Cc2ccccc2C)CC1.I. The number of halogens is 1. The van der Waals surface area contributed by atoms with Crippen LogP contribution in [0.4, 0.5) is 0 Å². The lowest BCUT2D eigenvalue weighted by molar-refractivity contribution is 0.198. The van der Waals surface area contributed by atoms with Gasteiger partial charge < -0.3 is 15.2 Å². The lowest BCUT2D eigenvalue weighted by atomic mass is 10.0. The van der Waals surface area contributed by atoms with E-state index in [1.54, 1.807) is 6.26 Å². The van der Waals surface area contributed by atoms with Gasteiger partial charge in [0, 0.05) is 38.3 Å². The molecule has 2 aromatic rings. The summed E-state index contributed by atoms with van der Waals surface area (Å²) in [6.07, 6.45) is 3.83. The Morgan fingerprint density at radius 1 is 1.26 bits per heavy atom. The molecular formula is C20H30IN5O. The largest absolute Gasteiger partial charge is 0.364 e. The number of nitrogens with zero attached hydrogens (tertiary/aromatic N) is 3. The highest BCUT2D eigenvalue weighted by Crippen LogP contribution is 2.16. The van der Waals surface area contributed by atoms with Crippen molar-refractivity contribution in [1.82, 2.24) is 20.7 Å². The molecule has 1 fully saturated rings. The molecule has 2 N–H and O–H groups in total. The van der Waals surface area contributed by atoms with Crippen LogP contribution in [-0.2, 0) is 13.1 Å². The molecule has 1 aromatic carbocycles. The second kappa shape index (κ2) is 11.3. The molecule has 2 heterocycles. The Balaban J connectivity index is 0.00000261. The van der Waals surface area contributed by atoms with E-state index in [4.69, 9.17) is 4.52 Å². The second-order valence-electron chi connectivity index (χ2n) is 6.81. The number of piperidine rings is 1.